The van der Waals surface area contributed by atoms with Crippen molar-refractivity contribution in [3.05, 3.63) is 89.8 Å². The molecule has 3 nitrogen and oxygen atoms in total. The molecule has 0 radical (unpaired) electrons. The third-order valence-electron chi connectivity index (χ3n) is 3.66. The summed E-state index contributed by atoms with van der Waals surface area (Å²) in [7, 11) is 0. The molecular weight excluding hydrogens is 303 g/mol. The van der Waals surface area contributed by atoms with Gasteiger partial charge < -0.3 is 0 Å². The predicted molar refractivity (Wildman–Crippen MR) is 92.0 cm³/mol. The lowest BCUT2D eigenvalue weighted by Crippen LogP contribution is -1.96. The second-order valence-electron chi connectivity index (χ2n) is 5.41. The summed E-state index contributed by atoms with van der Waals surface area (Å²) < 4.78 is 13.6. The molecule has 3 rings (SSSR count). The van der Waals surface area contributed by atoms with E-state index in [1.54, 1.807) is 37.5 Å². The third-order valence-corrected chi connectivity index (χ3v) is 3.66. The van der Waals surface area contributed by atoms with Crippen molar-refractivity contribution < 1.29 is 9.18 Å². The number of halogens is 1. The Bertz CT molecular complexity index is 905. The summed E-state index contributed by atoms with van der Waals surface area (Å²) in [5, 5.41) is 0. The molecule has 0 saturated carbocycles. The zero-order valence-corrected chi connectivity index (χ0v) is 13.1. The van der Waals surface area contributed by atoms with Crippen LogP contribution in [0.3, 0.4) is 0 Å². The van der Waals surface area contributed by atoms with E-state index in [0.29, 0.717) is 11.1 Å². The fourth-order valence-corrected chi connectivity index (χ4v) is 2.28. The number of rotatable bonds is 4. The minimum absolute atomic E-state index is 0.234. The van der Waals surface area contributed by atoms with E-state index >= 15 is 0 Å². The van der Waals surface area contributed by atoms with Gasteiger partial charge in [-0.25, -0.2) is 14.4 Å². The van der Waals surface area contributed by atoms with Gasteiger partial charge >= 0.3 is 0 Å². The highest BCUT2D eigenvalue weighted by molar-refractivity contribution is 6.06. The number of nitrogens with zero attached hydrogens (tertiary/aromatic N) is 2. The third kappa shape index (κ3) is 3.60. The van der Waals surface area contributed by atoms with E-state index < -0.39 is 0 Å². The number of carbonyl (C=O) groups is 1. The highest BCUT2D eigenvalue weighted by Crippen LogP contribution is 2.19. The molecule has 118 valence electrons. The zero-order chi connectivity index (χ0) is 16.9. The van der Waals surface area contributed by atoms with E-state index in [1.165, 1.54) is 18.5 Å². The second-order valence-corrected chi connectivity index (χ2v) is 5.41. The Balaban J connectivity index is 1.81. The summed E-state index contributed by atoms with van der Waals surface area (Å²) in [6, 6.07) is 12.2. The summed E-state index contributed by atoms with van der Waals surface area (Å²) in [4.78, 5) is 20.2. The van der Waals surface area contributed by atoms with Gasteiger partial charge in [-0.1, -0.05) is 36.4 Å². The minimum atomic E-state index is -0.375. The molecule has 0 bridgehead atoms. The molecule has 0 spiro atoms. The molecular formula is C20H15FN2O. The van der Waals surface area contributed by atoms with Crippen LogP contribution in [-0.4, -0.2) is 15.8 Å². The Morgan fingerprint density at radius 2 is 1.83 bits per heavy atom. The molecule has 0 fully saturated rings. The van der Waals surface area contributed by atoms with Crippen LogP contribution in [0, 0.1) is 12.7 Å². The van der Waals surface area contributed by atoms with Gasteiger partial charge in [0, 0.05) is 23.5 Å². The lowest BCUT2D eigenvalue weighted by molar-refractivity contribution is 0.104. The molecule has 0 aliphatic rings. The Morgan fingerprint density at radius 1 is 1.04 bits per heavy atom. The first-order valence-electron chi connectivity index (χ1n) is 7.47. The van der Waals surface area contributed by atoms with Crippen LogP contribution in [0.5, 0.6) is 0 Å². The molecule has 24 heavy (non-hydrogen) atoms. The van der Waals surface area contributed by atoms with Gasteiger partial charge in [-0.05, 0) is 41.8 Å². The fraction of sp³-hybridized carbons (Fsp3) is 0.0500. The second kappa shape index (κ2) is 6.96. The van der Waals surface area contributed by atoms with Gasteiger partial charge in [0.15, 0.2) is 5.78 Å². The number of hydrogen-bond donors (Lipinski definition) is 0. The van der Waals surface area contributed by atoms with E-state index in [4.69, 9.17) is 0 Å². The Morgan fingerprint density at radius 3 is 2.58 bits per heavy atom. The number of aromatic nitrogens is 2. The molecule has 4 heteroatoms. The van der Waals surface area contributed by atoms with E-state index in [1.807, 2.05) is 24.3 Å². The van der Waals surface area contributed by atoms with Crippen molar-refractivity contribution in [2.24, 2.45) is 0 Å². The molecule has 1 heterocycles. The van der Waals surface area contributed by atoms with Crippen molar-refractivity contribution >= 4 is 11.9 Å². The topological polar surface area (TPSA) is 42.9 Å². The smallest absolute Gasteiger partial charge is 0.185 e. The maximum Gasteiger partial charge on any atom is 0.185 e. The number of hydrogen-bond acceptors (Lipinski definition) is 3. The van der Waals surface area contributed by atoms with Crippen LogP contribution in [0.4, 0.5) is 4.39 Å². The molecule has 0 unspecified atom stereocenters. The van der Waals surface area contributed by atoms with E-state index in [-0.39, 0.29) is 11.6 Å². The van der Waals surface area contributed by atoms with Crippen molar-refractivity contribution in [2.45, 2.75) is 6.92 Å². The maximum absolute atomic E-state index is 13.6. The number of aryl methyl sites for hydroxylation is 1. The van der Waals surface area contributed by atoms with Gasteiger partial charge in [0.05, 0.1) is 0 Å². The van der Waals surface area contributed by atoms with Crippen LogP contribution in [0.15, 0.2) is 67.3 Å². The number of carbonyl (C=O) groups excluding carboxylic acids is 1. The first-order valence-corrected chi connectivity index (χ1v) is 7.47. The van der Waals surface area contributed by atoms with Crippen molar-refractivity contribution in [2.75, 3.05) is 0 Å². The maximum atomic E-state index is 13.6. The molecule has 0 saturated heterocycles. The van der Waals surface area contributed by atoms with Gasteiger partial charge in [-0.15, -0.1) is 0 Å². The molecule has 0 N–H and O–H groups in total. The van der Waals surface area contributed by atoms with E-state index in [9.17, 15) is 9.18 Å². The first-order chi connectivity index (χ1) is 11.6. The molecule has 0 amide bonds. The monoisotopic (exact) mass is 318 g/mol. The summed E-state index contributed by atoms with van der Waals surface area (Å²) >= 11 is 0. The van der Waals surface area contributed by atoms with Crippen LogP contribution < -0.4 is 0 Å². The number of benzene rings is 2. The average molecular weight is 318 g/mol. The average Bonchev–Trinajstić information content (AvgIpc) is 2.63. The predicted octanol–water partition coefficient (Wildman–Crippen LogP) is 4.49. The first kappa shape index (κ1) is 15.7. The molecule has 2 aromatic carbocycles. The van der Waals surface area contributed by atoms with Gasteiger partial charge in [0.25, 0.3) is 0 Å². The van der Waals surface area contributed by atoms with Gasteiger partial charge in [-0.2, -0.15) is 0 Å². The summed E-state index contributed by atoms with van der Waals surface area (Å²) in [5.74, 6) is -0.609. The van der Waals surface area contributed by atoms with Gasteiger partial charge in [-0.3, -0.25) is 4.79 Å². The molecule has 3 aromatic rings. The molecule has 0 atom stereocenters. The zero-order valence-electron chi connectivity index (χ0n) is 13.1. The van der Waals surface area contributed by atoms with Crippen LogP contribution in [0.1, 0.15) is 21.5 Å². The largest absolute Gasteiger partial charge is 0.289 e. The van der Waals surface area contributed by atoms with Crippen molar-refractivity contribution in [1.82, 2.24) is 9.97 Å². The number of allylic oxidation sites excluding steroid dienone is 1. The Labute approximate surface area is 139 Å². The number of ketones is 1. The van der Waals surface area contributed by atoms with Crippen LogP contribution in [-0.2, 0) is 0 Å². The summed E-state index contributed by atoms with van der Waals surface area (Å²) in [6.07, 6.45) is 8.11. The fourth-order valence-electron chi connectivity index (χ4n) is 2.28. The van der Waals surface area contributed by atoms with Crippen LogP contribution in [0.2, 0.25) is 0 Å². The van der Waals surface area contributed by atoms with Crippen molar-refractivity contribution in [3.8, 4) is 11.1 Å². The lowest BCUT2D eigenvalue weighted by Gasteiger charge is -2.02. The quantitative estimate of drug-likeness (QED) is 0.526. The van der Waals surface area contributed by atoms with Gasteiger partial charge in [0.1, 0.15) is 12.1 Å². The van der Waals surface area contributed by atoms with Crippen molar-refractivity contribution in [1.29, 1.82) is 0 Å². The highest BCUT2D eigenvalue weighted by Gasteiger charge is 2.05. The van der Waals surface area contributed by atoms with Crippen LogP contribution >= 0.6 is 0 Å². The molecule has 0 aliphatic carbocycles. The summed E-state index contributed by atoms with van der Waals surface area (Å²) in [6.45, 7) is 1.66. The SMILES string of the molecule is Cc1ccc(C(=O)/C=C/c2cccc(-c3cncnc3)c2)cc1F. The van der Waals surface area contributed by atoms with E-state index in [0.717, 1.165) is 16.7 Å². The molecule has 1 aromatic heterocycles. The van der Waals surface area contributed by atoms with Crippen LogP contribution in [0.25, 0.3) is 17.2 Å². The normalized spacial score (nSPS) is 10.9. The molecule has 0 aliphatic heterocycles. The summed E-state index contributed by atoms with van der Waals surface area (Å²) in [5.41, 5.74) is 3.60. The Hall–Kier alpha value is -3.14. The minimum Gasteiger partial charge on any atom is -0.289 e. The van der Waals surface area contributed by atoms with Gasteiger partial charge in [0.2, 0.25) is 0 Å². The lowest BCUT2D eigenvalue weighted by atomic mass is 10.0. The van der Waals surface area contributed by atoms with E-state index in [2.05, 4.69) is 9.97 Å². The van der Waals surface area contributed by atoms with Crippen molar-refractivity contribution in [3.63, 3.8) is 0 Å². The standard InChI is InChI=1S/C20H15FN2O/c1-14-5-7-17(10-19(14)21)20(24)8-6-15-3-2-4-16(9-15)18-11-22-13-23-12-18/h2-13H,1H3/b8-6+. The highest BCUT2D eigenvalue weighted by atomic mass is 19.1. The Kier molecular flexibility index (Phi) is 4.57.